The van der Waals surface area contributed by atoms with E-state index in [1.54, 1.807) is 7.11 Å². The smallest absolute Gasteiger partial charge is 0.119 e. The number of benzene rings is 1. The summed E-state index contributed by atoms with van der Waals surface area (Å²) in [5.41, 5.74) is 10.3. The standard InChI is InChI=1S/C14H19N3O/c1-9-6-11(18-3)4-5-12(9)13(8-15)14-7-10(2)16-17-14/h4-7,13H,8,15H2,1-3H3,(H,16,17). The monoisotopic (exact) mass is 245 g/mol. The molecule has 1 heterocycles. The molecule has 0 radical (unpaired) electrons. The zero-order valence-corrected chi connectivity index (χ0v) is 11.0. The number of nitrogens with zero attached hydrogens (tertiary/aromatic N) is 1. The van der Waals surface area contributed by atoms with E-state index >= 15 is 0 Å². The van der Waals surface area contributed by atoms with Crippen molar-refractivity contribution in [3.63, 3.8) is 0 Å². The Morgan fingerprint density at radius 2 is 2.11 bits per heavy atom. The van der Waals surface area contributed by atoms with Gasteiger partial charge in [-0.25, -0.2) is 0 Å². The number of methoxy groups -OCH3 is 1. The van der Waals surface area contributed by atoms with Gasteiger partial charge in [-0.15, -0.1) is 0 Å². The average molecular weight is 245 g/mol. The van der Waals surface area contributed by atoms with Crippen molar-refractivity contribution >= 4 is 0 Å². The predicted octanol–water partition coefficient (Wildman–Crippen LogP) is 2.13. The highest BCUT2D eigenvalue weighted by molar-refractivity contribution is 5.40. The number of hydrogen-bond acceptors (Lipinski definition) is 3. The highest BCUT2D eigenvalue weighted by Gasteiger charge is 2.17. The van der Waals surface area contributed by atoms with Gasteiger partial charge in [0, 0.05) is 18.2 Å². The molecular formula is C14H19N3O. The highest BCUT2D eigenvalue weighted by Crippen LogP contribution is 2.27. The first-order valence-corrected chi connectivity index (χ1v) is 6.02. The summed E-state index contributed by atoms with van der Waals surface area (Å²) in [7, 11) is 1.67. The molecule has 0 fully saturated rings. The van der Waals surface area contributed by atoms with Crippen molar-refractivity contribution in [1.29, 1.82) is 0 Å². The van der Waals surface area contributed by atoms with E-state index in [0.717, 1.165) is 17.1 Å². The van der Waals surface area contributed by atoms with Crippen molar-refractivity contribution in [3.05, 3.63) is 46.8 Å². The lowest BCUT2D eigenvalue weighted by Crippen LogP contribution is -2.15. The van der Waals surface area contributed by atoms with Crippen LogP contribution in [0.15, 0.2) is 24.3 Å². The van der Waals surface area contributed by atoms with Crippen LogP contribution in [0.1, 0.15) is 28.4 Å². The summed E-state index contributed by atoms with van der Waals surface area (Å²) in [6, 6.07) is 8.10. The number of aromatic nitrogens is 2. The van der Waals surface area contributed by atoms with Crippen molar-refractivity contribution in [1.82, 2.24) is 10.2 Å². The minimum Gasteiger partial charge on any atom is -0.497 e. The number of ether oxygens (including phenoxy) is 1. The van der Waals surface area contributed by atoms with Crippen LogP contribution in [0.5, 0.6) is 5.75 Å². The van der Waals surface area contributed by atoms with Crippen LogP contribution in [0.4, 0.5) is 0 Å². The highest BCUT2D eigenvalue weighted by atomic mass is 16.5. The molecule has 0 saturated carbocycles. The van der Waals surface area contributed by atoms with Gasteiger partial charge in [0.1, 0.15) is 5.75 Å². The Balaban J connectivity index is 2.39. The maximum absolute atomic E-state index is 5.90. The third-order valence-electron chi connectivity index (χ3n) is 3.17. The molecule has 0 amide bonds. The molecule has 1 aromatic carbocycles. The summed E-state index contributed by atoms with van der Waals surface area (Å²) < 4.78 is 5.22. The number of aromatic amines is 1. The minimum absolute atomic E-state index is 0.126. The average Bonchev–Trinajstić information content (AvgIpc) is 2.78. The number of nitrogens with two attached hydrogens (primary N) is 1. The van der Waals surface area contributed by atoms with Crippen LogP contribution in [0, 0.1) is 13.8 Å². The lowest BCUT2D eigenvalue weighted by Gasteiger charge is -2.16. The second-order valence-electron chi connectivity index (χ2n) is 4.49. The second-order valence-corrected chi connectivity index (χ2v) is 4.49. The van der Waals surface area contributed by atoms with Crippen molar-refractivity contribution in [2.45, 2.75) is 19.8 Å². The Morgan fingerprint density at radius 3 is 2.61 bits per heavy atom. The maximum Gasteiger partial charge on any atom is 0.119 e. The van der Waals surface area contributed by atoms with Crippen molar-refractivity contribution < 1.29 is 4.74 Å². The van der Waals surface area contributed by atoms with E-state index in [2.05, 4.69) is 23.2 Å². The largest absolute Gasteiger partial charge is 0.497 e. The number of nitrogens with one attached hydrogen (secondary N) is 1. The lowest BCUT2D eigenvalue weighted by molar-refractivity contribution is 0.414. The van der Waals surface area contributed by atoms with E-state index in [1.165, 1.54) is 11.1 Å². The van der Waals surface area contributed by atoms with Crippen LogP contribution in [0.3, 0.4) is 0 Å². The molecule has 4 heteroatoms. The number of H-pyrrole nitrogens is 1. The van der Waals surface area contributed by atoms with Gasteiger partial charge in [0.15, 0.2) is 0 Å². The zero-order valence-electron chi connectivity index (χ0n) is 11.0. The number of aryl methyl sites for hydroxylation is 2. The summed E-state index contributed by atoms with van der Waals surface area (Å²) in [4.78, 5) is 0. The molecule has 0 spiro atoms. The molecule has 1 aromatic heterocycles. The molecule has 96 valence electrons. The second kappa shape index (κ2) is 5.23. The molecule has 0 aliphatic heterocycles. The molecule has 0 aliphatic rings. The first kappa shape index (κ1) is 12.6. The van der Waals surface area contributed by atoms with E-state index in [1.807, 2.05) is 25.1 Å². The van der Waals surface area contributed by atoms with Gasteiger partial charge in [-0.05, 0) is 43.2 Å². The Bertz CT molecular complexity index is 534. The molecule has 2 aromatic rings. The normalized spacial score (nSPS) is 12.4. The Kier molecular flexibility index (Phi) is 3.67. The molecule has 2 rings (SSSR count). The molecule has 3 N–H and O–H groups in total. The van der Waals surface area contributed by atoms with Crippen LogP contribution >= 0.6 is 0 Å². The van der Waals surface area contributed by atoms with Gasteiger partial charge >= 0.3 is 0 Å². The molecule has 0 aliphatic carbocycles. The third kappa shape index (κ3) is 2.38. The van der Waals surface area contributed by atoms with Crippen LogP contribution in [0.25, 0.3) is 0 Å². The van der Waals surface area contributed by atoms with Crippen LogP contribution in [-0.2, 0) is 0 Å². The van der Waals surface area contributed by atoms with Gasteiger partial charge in [0.05, 0.1) is 12.8 Å². The first-order valence-electron chi connectivity index (χ1n) is 6.02. The predicted molar refractivity (Wildman–Crippen MR) is 72.0 cm³/mol. The van der Waals surface area contributed by atoms with Gasteiger partial charge in [-0.3, -0.25) is 5.10 Å². The van der Waals surface area contributed by atoms with Gasteiger partial charge in [-0.2, -0.15) is 5.10 Å². The van der Waals surface area contributed by atoms with E-state index in [4.69, 9.17) is 10.5 Å². The van der Waals surface area contributed by atoms with Crippen LogP contribution in [0.2, 0.25) is 0 Å². The van der Waals surface area contributed by atoms with Gasteiger partial charge < -0.3 is 10.5 Å². The van der Waals surface area contributed by atoms with Crippen molar-refractivity contribution in [2.24, 2.45) is 5.73 Å². The van der Waals surface area contributed by atoms with E-state index in [-0.39, 0.29) is 5.92 Å². The quantitative estimate of drug-likeness (QED) is 0.867. The van der Waals surface area contributed by atoms with Crippen molar-refractivity contribution in [2.75, 3.05) is 13.7 Å². The summed E-state index contributed by atoms with van der Waals surface area (Å²) >= 11 is 0. The van der Waals surface area contributed by atoms with Gasteiger partial charge in [0.2, 0.25) is 0 Å². The molecule has 1 unspecified atom stereocenters. The molecule has 0 bridgehead atoms. The topological polar surface area (TPSA) is 63.9 Å². The fraction of sp³-hybridized carbons (Fsp3) is 0.357. The summed E-state index contributed by atoms with van der Waals surface area (Å²) in [6.45, 7) is 4.60. The summed E-state index contributed by atoms with van der Waals surface area (Å²) in [5, 5.41) is 7.28. The van der Waals surface area contributed by atoms with Gasteiger partial charge in [-0.1, -0.05) is 6.07 Å². The molecule has 18 heavy (non-hydrogen) atoms. The summed E-state index contributed by atoms with van der Waals surface area (Å²) in [6.07, 6.45) is 0. The van der Waals surface area contributed by atoms with E-state index < -0.39 is 0 Å². The summed E-state index contributed by atoms with van der Waals surface area (Å²) in [5.74, 6) is 0.992. The Morgan fingerprint density at radius 1 is 1.33 bits per heavy atom. The molecular weight excluding hydrogens is 226 g/mol. The van der Waals surface area contributed by atoms with E-state index in [9.17, 15) is 0 Å². The van der Waals surface area contributed by atoms with Crippen molar-refractivity contribution in [3.8, 4) is 5.75 Å². The van der Waals surface area contributed by atoms with E-state index in [0.29, 0.717) is 6.54 Å². The zero-order chi connectivity index (χ0) is 13.1. The lowest BCUT2D eigenvalue weighted by atomic mass is 9.92. The number of hydrogen-bond donors (Lipinski definition) is 2. The van der Waals surface area contributed by atoms with Gasteiger partial charge in [0.25, 0.3) is 0 Å². The van der Waals surface area contributed by atoms with Crippen LogP contribution in [-0.4, -0.2) is 23.9 Å². The fourth-order valence-corrected chi connectivity index (χ4v) is 2.19. The molecule has 4 nitrogen and oxygen atoms in total. The fourth-order valence-electron chi connectivity index (χ4n) is 2.19. The SMILES string of the molecule is COc1ccc(C(CN)c2cc(C)[nH]n2)c(C)c1. The Hall–Kier alpha value is -1.81. The first-order chi connectivity index (χ1) is 8.65. The Labute approximate surface area is 107 Å². The molecule has 0 saturated heterocycles. The maximum atomic E-state index is 5.90. The minimum atomic E-state index is 0.126. The molecule has 1 atom stereocenters. The number of rotatable bonds is 4. The van der Waals surface area contributed by atoms with Crippen LogP contribution < -0.4 is 10.5 Å². The third-order valence-corrected chi connectivity index (χ3v) is 3.17.